The number of aryl methyl sites for hydroxylation is 1. The van der Waals surface area contributed by atoms with Crippen molar-refractivity contribution in [1.82, 2.24) is 15.3 Å². The van der Waals surface area contributed by atoms with E-state index in [0.29, 0.717) is 6.54 Å². The third-order valence-corrected chi connectivity index (χ3v) is 3.72. The number of aromatic nitrogens is 2. The maximum Gasteiger partial charge on any atom is 0.258 e. The number of pyridine rings is 2. The first-order chi connectivity index (χ1) is 12.2. The molecule has 0 saturated heterocycles. The van der Waals surface area contributed by atoms with Crippen molar-refractivity contribution < 1.29 is 9.53 Å². The van der Waals surface area contributed by atoms with E-state index in [4.69, 9.17) is 4.74 Å². The molecule has 5 heteroatoms. The number of amides is 1. The van der Waals surface area contributed by atoms with Crippen LogP contribution in [0.15, 0.2) is 67.1 Å². The van der Waals surface area contributed by atoms with Crippen LogP contribution in [0, 0.1) is 6.92 Å². The Labute approximate surface area is 146 Å². The Hall–Kier alpha value is -3.21. The Balaban J connectivity index is 1.50. The SMILES string of the molecule is Cc1ccccc1OCC(=O)NCc1ccc(-c2cccnc2)nc1. The molecular weight excluding hydrogens is 314 g/mol. The first-order valence-electron chi connectivity index (χ1n) is 8.03. The summed E-state index contributed by atoms with van der Waals surface area (Å²) in [5, 5.41) is 2.83. The predicted octanol–water partition coefficient (Wildman–Crippen LogP) is 3.15. The van der Waals surface area contributed by atoms with Gasteiger partial charge >= 0.3 is 0 Å². The van der Waals surface area contributed by atoms with Crippen LogP contribution in [0.5, 0.6) is 5.75 Å². The number of para-hydroxylation sites is 1. The van der Waals surface area contributed by atoms with E-state index in [2.05, 4.69) is 15.3 Å². The number of ether oxygens (including phenoxy) is 1. The van der Waals surface area contributed by atoms with E-state index in [-0.39, 0.29) is 12.5 Å². The molecule has 1 N–H and O–H groups in total. The summed E-state index contributed by atoms with van der Waals surface area (Å²) in [6.07, 6.45) is 5.25. The van der Waals surface area contributed by atoms with Gasteiger partial charge in [0, 0.05) is 30.7 Å². The van der Waals surface area contributed by atoms with Gasteiger partial charge in [-0.15, -0.1) is 0 Å². The molecule has 3 aromatic rings. The molecule has 1 aromatic carbocycles. The van der Waals surface area contributed by atoms with Gasteiger partial charge in [0.25, 0.3) is 5.91 Å². The molecule has 0 aliphatic heterocycles. The van der Waals surface area contributed by atoms with Crippen LogP contribution in [-0.2, 0) is 11.3 Å². The smallest absolute Gasteiger partial charge is 0.258 e. The van der Waals surface area contributed by atoms with Crippen molar-refractivity contribution in [1.29, 1.82) is 0 Å². The molecule has 0 atom stereocenters. The van der Waals surface area contributed by atoms with E-state index in [9.17, 15) is 4.79 Å². The molecule has 0 aliphatic rings. The summed E-state index contributed by atoms with van der Waals surface area (Å²) in [5.41, 5.74) is 3.75. The van der Waals surface area contributed by atoms with E-state index >= 15 is 0 Å². The van der Waals surface area contributed by atoms with E-state index in [0.717, 1.165) is 28.1 Å². The molecule has 0 bridgehead atoms. The first-order valence-corrected chi connectivity index (χ1v) is 8.03. The molecule has 0 saturated carbocycles. The number of hydrogen-bond donors (Lipinski definition) is 1. The highest BCUT2D eigenvalue weighted by Gasteiger charge is 2.05. The van der Waals surface area contributed by atoms with Crippen LogP contribution in [0.25, 0.3) is 11.3 Å². The Kier molecular flexibility index (Phi) is 5.36. The fourth-order valence-corrected chi connectivity index (χ4v) is 2.33. The number of nitrogens with one attached hydrogen (secondary N) is 1. The molecule has 3 rings (SSSR count). The lowest BCUT2D eigenvalue weighted by atomic mass is 10.1. The van der Waals surface area contributed by atoms with Gasteiger partial charge < -0.3 is 10.1 Å². The molecule has 0 fully saturated rings. The summed E-state index contributed by atoms with van der Waals surface area (Å²) in [6, 6.07) is 15.3. The third kappa shape index (κ3) is 4.64. The van der Waals surface area contributed by atoms with Crippen molar-refractivity contribution >= 4 is 5.91 Å². The molecular formula is C20H19N3O2. The summed E-state index contributed by atoms with van der Waals surface area (Å²) in [4.78, 5) is 20.4. The summed E-state index contributed by atoms with van der Waals surface area (Å²) in [7, 11) is 0. The number of rotatable bonds is 6. The van der Waals surface area contributed by atoms with Gasteiger partial charge in [0.2, 0.25) is 0 Å². The Morgan fingerprint density at radius 1 is 1.08 bits per heavy atom. The molecule has 2 heterocycles. The zero-order valence-electron chi connectivity index (χ0n) is 14.0. The van der Waals surface area contributed by atoms with Gasteiger partial charge in [-0.05, 0) is 42.3 Å². The zero-order chi connectivity index (χ0) is 17.5. The Bertz CT molecular complexity index is 833. The summed E-state index contributed by atoms with van der Waals surface area (Å²) >= 11 is 0. The van der Waals surface area contributed by atoms with Crippen LogP contribution in [0.2, 0.25) is 0 Å². The lowest BCUT2D eigenvalue weighted by molar-refractivity contribution is -0.123. The first kappa shape index (κ1) is 16.6. The molecule has 2 aromatic heterocycles. The van der Waals surface area contributed by atoms with Gasteiger partial charge in [-0.25, -0.2) is 0 Å². The highest BCUT2D eigenvalue weighted by Crippen LogP contribution is 2.16. The average molecular weight is 333 g/mol. The fourth-order valence-electron chi connectivity index (χ4n) is 2.33. The number of benzene rings is 1. The van der Waals surface area contributed by atoms with E-state index in [1.807, 2.05) is 55.5 Å². The van der Waals surface area contributed by atoms with Crippen molar-refractivity contribution in [3.05, 3.63) is 78.2 Å². The van der Waals surface area contributed by atoms with Crippen LogP contribution in [-0.4, -0.2) is 22.5 Å². The minimum absolute atomic E-state index is 0.00789. The molecule has 25 heavy (non-hydrogen) atoms. The number of carbonyl (C=O) groups is 1. The molecule has 5 nitrogen and oxygen atoms in total. The number of nitrogens with zero attached hydrogens (tertiary/aromatic N) is 2. The molecule has 0 unspecified atom stereocenters. The quantitative estimate of drug-likeness (QED) is 0.753. The second-order valence-electron chi connectivity index (χ2n) is 5.62. The minimum atomic E-state index is -0.167. The van der Waals surface area contributed by atoms with Crippen molar-refractivity contribution in [2.24, 2.45) is 0 Å². The Morgan fingerprint density at radius 2 is 1.96 bits per heavy atom. The zero-order valence-corrected chi connectivity index (χ0v) is 14.0. The molecule has 0 spiro atoms. The maximum absolute atomic E-state index is 11.9. The summed E-state index contributed by atoms with van der Waals surface area (Å²) in [5.74, 6) is 0.555. The molecule has 0 radical (unpaired) electrons. The highest BCUT2D eigenvalue weighted by molar-refractivity contribution is 5.77. The lowest BCUT2D eigenvalue weighted by Gasteiger charge is -2.09. The second kappa shape index (κ2) is 8.06. The van der Waals surface area contributed by atoms with Crippen LogP contribution in [0.4, 0.5) is 0 Å². The van der Waals surface area contributed by atoms with Gasteiger partial charge in [0.05, 0.1) is 5.69 Å². The van der Waals surface area contributed by atoms with Crippen molar-refractivity contribution in [2.75, 3.05) is 6.61 Å². The average Bonchev–Trinajstić information content (AvgIpc) is 2.67. The van der Waals surface area contributed by atoms with E-state index in [1.54, 1.807) is 18.6 Å². The van der Waals surface area contributed by atoms with Crippen LogP contribution in [0.3, 0.4) is 0 Å². The summed E-state index contributed by atoms with van der Waals surface area (Å²) in [6.45, 7) is 2.35. The lowest BCUT2D eigenvalue weighted by Crippen LogP contribution is -2.28. The molecule has 126 valence electrons. The number of carbonyl (C=O) groups excluding carboxylic acids is 1. The van der Waals surface area contributed by atoms with Crippen molar-refractivity contribution in [3.8, 4) is 17.0 Å². The van der Waals surface area contributed by atoms with E-state index in [1.165, 1.54) is 0 Å². The van der Waals surface area contributed by atoms with Gasteiger partial charge in [-0.1, -0.05) is 24.3 Å². The van der Waals surface area contributed by atoms with Gasteiger partial charge in [0.15, 0.2) is 6.61 Å². The molecule has 0 aliphatic carbocycles. The van der Waals surface area contributed by atoms with Gasteiger partial charge in [-0.3, -0.25) is 14.8 Å². The summed E-state index contributed by atoms with van der Waals surface area (Å²) < 4.78 is 5.53. The maximum atomic E-state index is 11.9. The standard InChI is InChI=1S/C20H19N3O2/c1-15-5-2-3-7-19(15)25-14-20(24)23-12-16-8-9-18(22-11-16)17-6-4-10-21-13-17/h2-11,13H,12,14H2,1H3,(H,23,24). The number of hydrogen-bond acceptors (Lipinski definition) is 4. The topological polar surface area (TPSA) is 64.1 Å². The minimum Gasteiger partial charge on any atom is -0.484 e. The third-order valence-electron chi connectivity index (χ3n) is 3.72. The van der Waals surface area contributed by atoms with Crippen LogP contribution >= 0.6 is 0 Å². The monoisotopic (exact) mass is 333 g/mol. The van der Waals surface area contributed by atoms with E-state index < -0.39 is 0 Å². The van der Waals surface area contributed by atoms with Crippen LogP contribution < -0.4 is 10.1 Å². The normalized spacial score (nSPS) is 10.3. The fraction of sp³-hybridized carbons (Fsp3) is 0.150. The van der Waals surface area contributed by atoms with Crippen molar-refractivity contribution in [3.63, 3.8) is 0 Å². The van der Waals surface area contributed by atoms with Crippen LogP contribution in [0.1, 0.15) is 11.1 Å². The van der Waals surface area contributed by atoms with Gasteiger partial charge in [-0.2, -0.15) is 0 Å². The Morgan fingerprint density at radius 3 is 2.68 bits per heavy atom. The molecule has 1 amide bonds. The predicted molar refractivity (Wildman–Crippen MR) is 96.0 cm³/mol. The largest absolute Gasteiger partial charge is 0.484 e. The highest BCUT2D eigenvalue weighted by atomic mass is 16.5. The van der Waals surface area contributed by atoms with Gasteiger partial charge in [0.1, 0.15) is 5.75 Å². The van der Waals surface area contributed by atoms with Crippen molar-refractivity contribution in [2.45, 2.75) is 13.5 Å². The second-order valence-corrected chi connectivity index (χ2v) is 5.62.